The van der Waals surface area contributed by atoms with Crippen LogP contribution in [0.3, 0.4) is 0 Å². The summed E-state index contributed by atoms with van der Waals surface area (Å²) in [5.41, 5.74) is 5.67. The van der Waals surface area contributed by atoms with Crippen molar-refractivity contribution in [2.45, 2.75) is 31.1 Å². The summed E-state index contributed by atoms with van der Waals surface area (Å²) < 4.78 is 43.1. The SMILES string of the molecule is CC(CN1CCCCC1=O)CS(=O)(=O)c1ccc(OCC(=CF)CN)cc1. The molecule has 0 bridgehead atoms. The number of carbonyl (C=O) groups excluding carboxylic acids is 1. The zero-order chi connectivity index (χ0) is 19.9. The summed E-state index contributed by atoms with van der Waals surface area (Å²) in [7, 11) is -3.47. The summed E-state index contributed by atoms with van der Waals surface area (Å²) in [6.45, 7) is 3.07. The number of likely N-dealkylation sites (tertiary alicyclic amines) is 1. The Balaban J connectivity index is 1.94. The molecule has 27 heavy (non-hydrogen) atoms. The van der Waals surface area contributed by atoms with Gasteiger partial charge < -0.3 is 15.4 Å². The molecule has 6 nitrogen and oxygen atoms in total. The summed E-state index contributed by atoms with van der Waals surface area (Å²) >= 11 is 0. The highest BCUT2D eigenvalue weighted by molar-refractivity contribution is 7.91. The van der Waals surface area contributed by atoms with Gasteiger partial charge in [-0.2, -0.15) is 0 Å². The molecule has 0 saturated carbocycles. The van der Waals surface area contributed by atoms with Crippen molar-refractivity contribution in [1.29, 1.82) is 0 Å². The molecule has 2 N–H and O–H groups in total. The molecule has 1 atom stereocenters. The van der Waals surface area contributed by atoms with Crippen LogP contribution in [0.25, 0.3) is 0 Å². The second kappa shape index (κ2) is 9.85. The summed E-state index contributed by atoms with van der Waals surface area (Å²) in [6, 6.07) is 6.03. The van der Waals surface area contributed by atoms with Gasteiger partial charge in [0, 0.05) is 31.6 Å². The van der Waals surface area contributed by atoms with Crippen LogP contribution in [-0.2, 0) is 14.6 Å². The van der Waals surface area contributed by atoms with E-state index in [4.69, 9.17) is 10.5 Å². The number of sulfone groups is 1. The van der Waals surface area contributed by atoms with E-state index in [1.54, 1.807) is 4.90 Å². The predicted octanol–water partition coefficient (Wildman–Crippen LogP) is 2.30. The zero-order valence-corrected chi connectivity index (χ0v) is 16.4. The monoisotopic (exact) mass is 398 g/mol. The van der Waals surface area contributed by atoms with Gasteiger partial charge in [0.1, 0.15) is 12.4 Å². The lowest BCUT2D eigenvalue weighted by molar-refractivity contribution is -0.133. The molecule has 1 aliphatic rings. The number of halogens is 1. The molecule has 1 aromatic rings. The predicted molar refractivity (Wildman–Crippen MR) is 102 cm³/mol. The number of hydrogen-bond donors (Lipinski definition) is 1. The fraction of sp³-hybridized carbons (Fsp3) is 0.526. The van der Waals surface area contributed by atoms with E-state index in [0.717, 1.165) is 12.8 Å². The lowest BCUT2D eigenvalue weighted by Gasteiger charge is -2.29. The van der Waals surface area contributed by atoms with Crippen LogP contribution in [0.1, 0.15) is 26.2 Å². The molecule has 1 amide bonds. The maximum Gasteiger partial charge on any atom is 0.222 e. The molecule has 0 spiro atoms. The highest BCUT2D eigenvalue weighted by Crippen LogP contribution is 2.20. The summed E-state index contributed by atoms with van der Waals surface area (Å²) in [5.74, 6) is 0.355. The molecule has 8 heteroatoms. The minimum absolute atomic E-state index is 0.0139. The molecular formula is C19H27FN2O4S. The topological polar surface area (TPSA) is 89.7 Å². The second-order valence-corrected chi connectivity index (χ2v) is 8.95. The molecule has 150 valence electrons. The lowest BCUT2D eigenvalue weighted by atomic mass is 10.1. The number of benzene rings is 1. The van der Waals surface area contributed by atoms with Crippen LogP contribution in [-0.4, -0.2) is 51.2 Å². The van der Waals surface area contributed by atoms with Gasteiger partial charge in [-0.1, -0.05) is 6.92 Å². The zero-order valence-electron chi connectivity index (χ0n) is 15.6. The van der Waals surface area contributed by atoms with Crippen LogP contribution in [0.5, 0.6) is 5.75 Å². The van der Waals surface area contributed by atoms with E-state index in [0.29, 0.717) is 37.2 Å². The van der Waals surface area contributed by atoms with Crippen molar-refractivity contribution in [3.8, 4) is 5.75 Å². The molecule has 0 aromatic heterocycles. The van der Waals surface area contributed by atoms with Crippen molar-refractivity contribution >= 4 is 15.7 Å². The highest BCUT2D eigenvalue weighted by atomic mass is 32.2. The van der Waals surface area contributed by atoms with Crippen molar-refractivity contribution in [1.82, 2.24) is 4.90 Å². The third-order valence-corrected chi connectivity index (χ3v) is 6.48. The lowest BCUT2D eigenvalue weighted by Crippen LogP contribution is -2.39. The van der Waals surface area contributed by atoms with Crippen LogP contribution < -0.4 is 10.5 Å². The second-order valence-electron chi connectivity index (χ2n) is 6.92. The maximum atomic E-state index is 12.6. The van der Waals surface area contributed by atoms with Crippen LogP contribution >= 0.6 is 0 Å². The molecule has 0 aliphatic carbocycles. The van der Waals surface area contributed by atoms with Crippen LogP contribution in [0.15, 0.2) is 41.1 Å². The van der Waals surface area contributed by atoms with Crippen LogP contribution in [0.2, 0.25) is 0 Å². The van der Waals surface area contributed by atoms with E-state index in [9.17, 15) is 17.6 Å². The van der Waals surface area contributed by atoms with Crippen molar-refractivity contribution < 1.29 is 22.3 Å². The van der Waals surface area contributed by atoms with Gasteiger partial charge in [0.25, 0.3) is 0 Å². The van der Waals surface area contributed by atoms with Crippen LogP contribution in [0, 0.1) is 5.92 Å². The molecule has 1 aromatic carbocycles. The third kappa shape index (κ3) is 6.32. The Morgan fingerprint density at radius 2 is 2.04 bits per heavy atom. The average Bonchev–Trinajstić information content (AvgIpc) is 2.64. The number of hydrogen-bond acceptors (Lipinski definition) is 5. The van der Waals surface area contributed by atoms with Gasteiger partial charge >= 0.3 is 0 Å². The Hall–Kier alpha value is -1.93. The summed E-state index contributed by atoms with van der Waals surface area (Å²) in [4.78, 5) is 13.8. The van der Waals surface area contributed by atoms with Gasteiger partial charge in [0.15, 0.2) is 9.84 Å². The summed E-state index contributed by atoms with van der Waals surface area (Å²) in [5, 5.41) is 0. The van der Waals surface area contributed by atoms with Gasteiger partial charge in [-0.3, -0.25) is 4.79 Å². The number of rotatable bonds is 9. The molecule has 0 radical (unpaired) electrons. The van der Waals surface area contributed by atoms with Crippen molar-refractivity contribution in [2.75, 3.05) is 32.0 Å². The third-order valence-electron chi connectivity index (χ3n) is 4.48. The van der Waals surface area contributed by atoms with Crippen molar-refractivity contribution in [2.24, 2.45) is 11.7 Å². The fourth-order valence-corrected chi connectivity index (χ4v) is 4.61. The first kappa shape index (κ1) is 21.4. The summed E-state index contributed by atoms with van der Waals surface area (Å²) in [6.07, 6.45) is 2.83. The first-order valence-electron chi connectivity index (χ1n) is 9.07. The minimum atomic E-state index is -3.47. The number of amides is 1. The standard InChI is InChI=1S/C19H27FN2O4S/c1-15(12-22-9-3-2-4-19(22)23)14-27(24,25)18-7-5-17(6-8-18)26-13-16(10-20)11-21/h5-8,10,15H,2-4,9,11-14,21H2,1H3. The van der Waals surface area contributed by atoms with Gasteiger partial charge in [-0.15, -0.1) is 0 Å². The number of carbonyl (C=O) groups is 1. The van der Waals surface area contributed by atoms with Gasteiger partial charge in [0.2, 0.25) is 5.91 Å². The normalized spacial score (nSPS) is 17.1. The number of piperidine rings is 1. The Kier molecular flexibility index (Phi) is 7.79. The van der Waals surface area contributed by atoms with E-state index >= 15 is 0 Å². The Labute approximate surface area is 160 Å². The fourth-order valence-electron chi connectivity index (χ4n) is 3.01. The minimum Gasteiger partial charge on any atom is -0.489 e. The molecule has 1 unspecified atom stereocenters. The van der Waals surface area contributed by atoms with E-state index in [1.807, 2.05) is 6.92 Å². The largest absolute Gasteiger partial charge is 0.489 e. The number of ether oxygens (including phenoxy) is 1. The van der Waals surface area contributed by atoms with Gasteiger partial charge in [-0.25, -0.2) is 12.8 Å². The molecule has 1 aliphatic heterocycles. The van der Waals surface area contributed by atoms with Gasteiger partial charge in [0.05, 0.1) is 17.0 Å². The van der Waals surface area contributed by atoms with E-state index in [2.05, 4.69) is 0 Å². The smallest absolute Gasteiger partial charge is 0.222 e. The van der Waals surface area contributed by atoms with Crippen LogP contribution in [0.4, 0.5) is 4.39 Å². The Morgan fingerprint density at radius 3 is 2.63 bits per heavy atom. The van der Waals surface area contributed by atoms with Gasteiger partial charge in [-0.05, 0) is 43.0 Å². The van der Waals surface area contributed by atoms with Crippen molar-refractivity contribution in [3.63, 3.8) is 0 Å². The first-order valence-corrected chi connectivity index (χ1v) is 10.7. The van der Waals surface area contributed by atoms with E-state index in [-0.39, 0.29) is 35.6 Å². The van der Waals surface area contributed by atoms with E-state index in [1.165, 1.54) is 24.3 Å². The van der Waals surface area contributed by atoms with Crippen molar-refractivity contribution in [3.05, 3.63) is 36.2 Å². The molecule has 1 heterocycles. The maximum absolute atomic E-state index is 12.6. The highest BCUT2D eigenvalue weighted by Gasteiger charge is 2.24. The molecule has 1 fully saturated rings. The van der Waals surface area contributed by atoms with E-state index < -0.39 is 9.84 Å². The number of nitrogens with two attached hydrogens (primary N) is 1. The molecular weight excluding hydrogens is 371 g/mol. The number of nitrogens with zero attached hydrogens (tertiary/aromatic N) is 1. The average molecular weight is 399 g/mol. The molecule has 2 rings (SSSR count). The quantitative estimate of drug-likeness (QED) is 0.689. The first-order chi connectivity index (χ1) is 12.9. The Morgan fingerprint density at radius 1 is 1.33 bits per heavy atom. The Bertz CT molecular complexity index is 762. The molecule has 1 saturated heterocycles.